The molecule has 2 N–H and O–H groups in total. The molecule has 3 heteroatoms. The molecule has 0 aromatic heterocycles. The van der Waals surface area contributed by atoms with E-state index in [2.05, 4.69) is 0 Å². The third kappa shape index (κ3) is 6.57. The molecule has 2 aliphatic carbocycles. The van der Waals surface area contributed by atoms with Crippen molar-refractivity contribution in [2.24, 2.45) is 0 Å². The Bertz CT molecular complexity index is 114. The van der Waals surface area contributed by atoms with Gasteiger partial charge in [0, 0.05) is 42.1 Å². The average molecular weight is 254 g/mol. The summed E-state index contributed by atoms with van der Waals surface area (Å²) in [6, 6.07) is 0. The van der Waals surface area contributed by atoms with Gasteiger partial charge in [-0.05, 0) is 25.7 Å². The van der Waals surface area contributed by atoms with Crippen molar-refractivity contribution in [2.75, 3.05) is 13.2 Å². The van der Waals surface area contributed by atoms with E-state index >= 15 is 0 Å². The topological polar surface area (TPSA) is 40.5 Å². The van der Waals surface area contributed by atoms with Gasteiger partial charge in [0.15, 0.2) is 0 Å². The van der Waals surface area contributed by atoms with Crippen LogP contribution in [0.2, 0.25) is 0 Å². The molecule has 15 heavy (non-hydrogen) atoms. The van der Waals surface area contributed by atoms with E-state index in [0.29, 0.717) is 13.2 Å². The Balaban J connectivity index is 0.000000245. The van der Waals surface area contributed by atoms with Gasteiger partial charge in [0.25, 0.3) is 0 Å². The summed E-state index contributed by atoms with van der Waals surface area (Å²) in [5.41, 5.74) is 0. The Morgan fingerprint density at radius 1 is 0.667 bits per heavy atom. The van der Waals surface area contributed by atoms with Gasteiger partial charge in [0.05, 0.1) is 0 Å². The van der Waals surface area contributed by atoms with Crippen LogP contribution in [0.15, 0.2) is 0 Å². The molecule has 2 aliphatic rings. The normalized spacial score (nSPS) is 22.0. The molecule has 0 unspecified atom stereocenters. The maximum absolute atomic E-state index is 8.53. The predicted octanol–water partition coefficient (Wildman–Crippen LogP) is 2.25. The zero-order valence-corrected chi connectivity index (χ0v) is 10.4. The van der Waals surface area contributed by atoms with Gasteiger partial charge >= 0.3 is 0 Å². The quantitative estimate of drug-likeness (QED) is 0.742. The van der Waals surface area contributed by atoms with Crippen molar-refractivity contribution in [1.29, 1.82) is 0 Å². The minimum Gasteiger partial charge on any atom is -0.396 e. The predicted molar refractivity (Wildman–Crippen MR) is 57.6 cm³/mol. The summed E-state index contributed by atoms with van der Waals surface area (Å²) in [5.74, 6) is 2.69. The molecule has 0 bridgehead atoms. The molecule has 2 radical (unpaired) electrons. The first-order chi connectivity index (χ1) is 6.86. The van der Waals surface area contributed by atoms with Crippen LogP contribution in [0, 0.1) is 11.8 Å². The summed E-state index contributed by atoms with van der Waals surface area (Å²) in [5, 5.41) is 17.1. The van der Waals surface area contributed by atoms with E-state index in [1.807, 2.05) is 0 Å². The Labute approximate surface area is 104 Å². The SMILES string of the molecule is OC[C]1CCCC1.OC[C]1CCCC1.[Fe]. The second kappa shape index (κ2) is 9.65. The van der Waals surface area contributed by atoms with Crippen LogP contribution in [-0.4, -0.2) is 23.4 Å². The van der Waals surface area contributed by atoms with Crippen LogP contribution >= 0.6 is 0 Å². The smallest absolute Gasteiger partial charge is 0.0493 e. The Hall–Kier alpha value is 0.439. The molecule has 0 aromatic carbocycles. The van der Waals surface area contributed by atoms with Gasteiger partial charge in [-0.25, -0.2) is 0 Å². The van der Waals surface area contributed by atoms with Gasteiger partial charge in [-0.3, -0.25) is 0 Å². The first-order valence-corrected chi connectivity index (χ1v) is 5.75. The Morgan fingerprint density at radius 2 is 0.933 bits per heavy atom. The Morgan fingerprint density at radius 3 is 1.07 bits per heavy atom. The van der Waals surface area contributed by atoms with Gasteiger partial charge in [-0.15, -0.1) is 0 Å². The molecule has 0 aromatic rings. The molecule has 2 nitrogen and oxygen atoms in total. The zero-order valence-electron chi connectivity index (χ0n) is 9.32. The van der Waals surface area contributed by atoms with E-state index in [9.17, 15) is 0 Å². The second-order valence-corrected chi connectivity index (χ2v) is 4.23. The fourth-order valence-corrected chi connectivity index (χ4v) is 2.07. The maximum atomic E-state index is 8.53. The molecule has 0 heterocycles. The van der Waals surface area contributed by atoms with Crippen molar-refractivity contribution < 1.29 is 27.3 Å². The number of hydrogen-bond donors (Lipinski definition) is 2. The maximum Gasteiger partial charge on any atom is 0.0493 e. The van der Waals surface area contributed by atoms with Crippen molar-refractivity contribution in [3.8, 4) is 0 Å². The molecule has 0 saturated heterocycles. The van der Waals surface area contributed by atoms with Gasteiger partial charge in [0.1, 0.15) is 0 Å². The standard InChI is InChI=1S/2C6H11O.Fe/c2*7-5-6-3-1-2-4-6;/h2*7H,1-5H2;. The van der Waals surface area contributed by atoms with Crippen LogP contribution in [0.1, 0.15) is 51.4 Å². The van der Waals surface area contributed by atoms with Crippen molar-refractivity contribution in [1.82, 2.24) is 0 Å². The molecule has 2 rings (SSSR count). The van der Waals surface area contributed by atoms with E-state index in [1.54, 1.807) is 0 Å². The fraction of sp³-hybridized carbons (Fsp3) is 0.833. The molecular formula is C12H22FeO2. The molecule has 0 aliphatic heterocycles. The minimum atomic E-state index is 0. The van der Waals surface area contributed by atoms with Crippen LogP contribution < -0.4 is 0 Å². The van der Waals surface area contributed by atoms with Crippen molar-refractivity contribution >= 4 is 0 Å². The van der Waals surface area contributed by atoms with E-state index < -0.39 is 0 Å². The Kier molecular flexibility index (Phi) is 9.93. The van der Waals surface area contributed by atoms with Crippen LogP contribution in [0.3, 0.4) is 0 Å². The second-order valence-electron chi connectivity index (χ2n) is 4.23. The first-order valence-electron chi connectivity index (χ1n) is 5.75. The van der Waals surface area contributed by atoms with Crippen molar-refractivity contribution in [3.05, 3.63) is 11.8 Å². The van der Waals surface area contributed by atoms with Crippen molar-refractivity contribution in [2.45, 2.75) is 51.4 Å². The zero-order chi connectivity index (χ0) is 10.2. The summed E-state index contributed by atoms with van der Waals surface area (Å²) >= 11 is 0. The summed E-state index contributed by atoms with van der Waals surface area (Å²) in [6.07, 6.45) is 9.91. The van der Waals surface area contributed by atoms with E-state index in [-0.39, 0.29) is 17.1 Å². The molecular weight excluding hydrogens is 232 g/mol. The average Bonchev–Trinajstić information content (AvgIpc) is 2.92. The molecule has 90 valence electrons. The fourth-order valence-electron chi connectivity index (χ4n) is 2.07. The van der Waals surface area contributed by atoms with E-state index in [0.717, 1.165) is 0 Å². The van der Waals surface area contributed by atoms with Crippen LogP contribution in [0.5, 0.6) is 0 Å². The van der Waals surface area contributed by atoms with Gasteiger partial charge in [0.2, 0.25) is 0 Å². The number of aliphatic hydroxyl groups is 2. The number of aliphatic hydroxyl groups excluding tert-OH is 2. The number of hydrogen-bond acceptors (Lipinski definition) is 2. The van der Waals surface area contributed by atoms with E-state index in [4.69, 9.17) is 10.2 Å². The largest absolute Gasteiger partial charge is 0.396 e. The minimum absolute atomic E-state index is 0. The van der Waals surface area contributed by atoms with Gasteiger partial charge in [-0.1, -0.05) is 25.7 Å². The van der Waals surface area contributed by atoms with Crippen molar-refractivity contribution in [3.63, 3.8) is 0 Å². The molecule has 0 atom stereocenters. The molecule has 0 amide bonds. The molecule has 0 spiro atoms. The third-order valence-corrected chi connectivity index (χ3v) is 3.07. The summed E-state index contributed by atoms with van der Waals surface area (Å²) < 4.78 is 0. The first kappa shape index (κ1) is 15.4. The molecule has 2 saturated carbocycles. The van der Waals surface area contributed by atoms with Crippen LogP contribution in [0.4, 0.5) is 0 Å². The number of rotatable bonds is 2. The summed E-state index contributed by atoms with van der Waals surface area (Å²) in [4.78, 5) is 0. The summed E-state index contributed by atoms with van der Waals surface area (Å²) in [6.45, 7) is 0.667. The molecule has 2 fully saturated rings. The van der Waals surface area contributed by atoms with E-state index in [1.165, 1.54) is 63.2 Å². The summed E-state index contributed by atoms with van der Waals surface area (Å²) in [7, 11) is 0. The van der Waals surface area contributed by atoms with Crippen LogP contribution in [-0.2, 0) is 17.1 Å². The van der Waals surface area contributed by atoms with Gasteiger partial charge in [-0.2, -0.15) is 0 Å². The van der Waals surface area contributed by atoms with Crippen LogP contribution in [0.25, 0.3) is 0 Å². The van der Waals surface area contributed by atoms with Gasteiger partial charge < -0.3 is 10.2 Å². The monoisotopic (exact) mass is 254 g/mol. The third-order valence-electron chi connectivity index (χ3n) is 3.07.